The molecule has 0 saturated carbocycles. The van der Waals surface area contributed by atoms with Gasteiger partial charge in [-0.3, -0.25) is 9.69 Å². The van der Waals surface area contributed by atoms with Crippen molar-refractivity contribution in [2.45, 2.75) is 31.6 Å². The molecule has 0 atom stereocenters. The van der Waals surface area contributed by atoms with Gasteiger partial charge >= 0.3 is 0 Å². The van der Waals surface area contributed by atoms with Gasteiger partial charge in [0.05, 0.1) is 0 Å². The Balaban J connectivity index is 2.18. The molecule has 0 radical (unpaired) electrons. The van der Waals surface area contributed by atoms with Crippen molar-refractivity contribution >= 4 is 15.9 Å². The minimum atomic E-state index is -3.99. The zero-order valence-corrected chi connectivity index (χ0v) is 15.6. The second-order valence-corrected chi connectivity index (χ2v) is 7.91. The van der Waals surface area contributed by atoms with Crippen LogP contribution in [0, 0.1) is 5.82 Å². The molecule has 0 aromatic heterocycles. The molecule has 1 fully saturated rings. The van der Waals surface area contributed by atoms with Gasteiger partial charge in [0.15, 0.2) is 0 Å². The zero-order valence-electron chi connectivity index (χ0n) is 14.8. The standard InChI is InChI=1S/C17H26FN3O3S/c1-3-8-21(9-4-2)17(22)14-5-6-15(18)16(13-14)25(23,24)19-7-10-20-11-12-20/h5-6,13,19H,3-4,7-12H2,1-2H3. The van der Waals surface area contributed by atoms with E-state index >= 15 is 0 Å². The van der Waals surface area contributed by atoms with E-state index in [4.69, 9.17) is 0 Å². The first kappa shape index (κ1) is 19.8. The van der Waals surface area contributed by atoms with Crippen LogP contribution in [0.3, 0.4) is 0 Å². The van der Waals surface area contributed by atoms with Crippen molar-refractivity contribution in [3.63, 3.8) is 0 Å². The van der Waals surface area contributed by atoms with Crippen molar-refractivity contribution in [2.75, 3.05) is 39.3 Å². The Morgan fingerprint density at radius 3 is 2.44 bits per heavy atom. The summed E-state index contributed by atoms with van der Waals surface area (Å²) in [6, 6.07) is 3.52. The van der Waals surface area contributed by atoms with Crippen molar-refractivity contribution in [1.29, 1.82) is 0 Å². The number of sulfonamides is 1. The molecule has 2 rings (SSSR count). The maximum absolute atomic E-state index is 14.1. The lowest BCUT2D eigenvalue weighted by atomic mass is 10.2. The first-order valence-corrected chi connectivity index (χ1v) is 10.2. The number of carbonyl (C=O) groups excluding carboxylic acids is 1. The summed E-state index contributed by atoms with van der Waals surface area (Å²) in [5.74, 6) is -1.13. The molecule has 0 bridgehead atoms. The molecule has 1 aromatic carbocycles. The lowest BCUT2D eigenvalue weighted by molar-refractivity contribution is 0.0755. The number of hydrogen-bond donors (Lipinski definition) is 1. The number of hydrogen-bond acceptors (Lipinski definition) is 4. The summed E-state index contributed by atoms with van der Waals surface area (Å²) in [5, 5.41) is 0. The van der Waals surface area contributed by atoms with Crippen molar-refractivity contribution in [2.24, 2.45) is 0 Å². The quantitative estimate of drug-likeness (QED) is 0.636. The third-order valence-corrected chi connectivity index (χ3v) is 5.48. The molecular formula is C17H26FN3O3S. The third kappa shape index (κ3) is 5.49. The fourth-order valence-corrected chi connectivity index (χ4v) is 3.71. The predicted octanol–water partition coefficient (Wildman–Crippen LogP) is 1.68. The van der Waals surface area contributed by atoms with Crippen molar-refractivity contribution in [3.05, 3.63) is 29.6 Å². The lowest BCUT2D eigenvalue weighted by Gasteiger charge is -2.21. The lowest BCUT2D eigenvalue weighted by Crippen LogP contribution is -2.33. The normalized spacial score (nSPS) is 14.5. The minimum Gasteiger partial charge on any atom is -0.339 e. The van der Waals surface area contributed by atoms with Crippen molar-refractivity contribution < 1.29 is 17.6 Å². The van der Waals surface area contributed by atoms with Crippen LogP contribution in [-0.2, 0) is 10.0 Å². The number of nitrogens with one attached hydrogen (secondary N) is 1. The van der Waals surface area contributed by atoms with E-state index < -0.39 is 20.7 Å². The number of halogens is 1. The van der Waals surface area contributed by atoms with Gasteiger partial charge in [-0.05, 0) is 31.0 Å². The molecule has 0 aliphatic carbocycles. The van der Waals surface area contributed by atoms with E-state index in [1.54, 1.807) is 4.90 Å². The van der Waals surface area contributed by atoms with Crippen LogP contribution in [0.5, 0.6) is 0 Å². The van der Waals surface area contributed by atoms with E-state index in [0.29, 0.717) is 19.6 Å². The number of amides is 1. The van der Waals surface area contributed by atoms with E-state index in [0.717, 1.165) is 38.1 Å². The highest BCUT2D eigenvalue weighted by Crippen LogP contribution is 2.18. The monoisotopic (exact) mass is 371 g/mol. The molecule has 1 aliphatic heterocycles. The highest BCUT2D eigenvalue weighted by molar-refractivity contribution is 7.89. The van der Waals surface area contributed by atoms with Crippen LogP contribution in [0.4, 0.5) is 4.39 Å². The average Bonchev–Trinajstić information content (AvgIpc) is 3.38. The second-order valence-electron chi connectivity index (χ2n) is 6.18. The fourth-order valence-electron chi connectivity index (χ4n) is 2.59. The van der Waals surface area contributed by atoms with Crippen LogP contribution < -0.4 is 4.72 Å². The van der Waals surface area contributed by atoms with E-state index in [-0.39, 0.29) is 18.0 Å². The Labute approximate surface area is 149 Å². The molecule has 1 N–H and O–H groups in total. The van der Waals surface area contributed by atoms with Gasteiger partial charge in [-0.15, -0.1) is 0 Å². The van der Waals surface area contributed by atoms with Gasteiger partial charge in [0, 0.05) is 44.8 Å². The molecule has 0 unspecified atom stereocenters. The summed E-state index contributed by atoms with van der Waals surface area (Å²) in [6.45, 7) is 7.85. The molecule has 1 heterocycles. The zero-order chi connectivity index (χ0) is 18.4. The summed E-state index contributed by atoms with van der Waals surface area (Å²) in [4.78, 5) is 15.9. The first-order valence-electron chi connectivity index (χ1n) is 8.70. The smallest absolute Gasteiger partial charge is 0.253 e. The summed E-state index contributed by atoms with van der Waals surface area (Å²) >= 11 is 0. The topological polar surface area (TPSA) is 69.5 Å². The molecule has 1 saturated heterocycles. The maximum Gasteiger partial charge on any atom is 0.253 e. The molecule has 25 heavy (non-hydrogen) atoms. The highest BCUT2D eigenvalue weighted by Gasteiger charge is 2.24. The largest absolute Gasteiger partial charge is 0.339 e. The molecule has 1 aromatic rings. The first-order chi connectivity index (χ1) is 11.9. The number of carbonyl (C=O) groups is 1. The van der Waals surface area contributed by atoms with Crippen LogP contribution >= 0.6 is 0 Å². The van der Waals surface area contributed by atoms with Gasteiger partial charge in [-0.25, -0.2) is 17.5 Å². The molecule has 1 aliphatic rings. The van der Waals surface area contributed by atoms with Gasteiger partial charge in [-0.2, -0.15) is 0 Å². The molecule has 0 spiro atoms. The maximum atomic E-state index is 14.1. The second kappa shape index (κ2) is 8.73. The van der Waals surface area contributed by atoms with Crippen LogP contribution in [0.15, 0.2) is 23.1 Å². The van der Waals surface area contributed by atoms with Crippen molar-refractivity contribution in [3.8, 4) is 0 Å². The van der Waals surface area contributed by atoms with Crippen LogP contribution in [-0.4, -0.2) is 63.4 Å². The van der Waals surface area contributed by atoms with Gasteiger partial charge in [0.2, 0.25) is 10.0 Å². The number of benzene rings is 1. The molecule has 8 heteroatoms. The van der Waals surface area contributed by atoms with E-state index in [1.165, 1.54) is 6.07 Å². The van der Waals surface area contributed by atoms with Gasteiger partial charge in [0.25, 0.3) is 5.91 Å². The highest BCUT2D eigenvalue weighted by atomic mass is 32.2. The summed E-state index contributed by atoms with van der Waals surface area (Å²) < 4.78 is 41.2. The van der Waals surface area contributed by atoms with Gasteiger partial charge in [0.1, 0.15) is 10.7 Å². The van der Waals surface area contributed by atoms with Crippen LogP contribution in [0.2, 0.25) is 0 Å². The molecule has 1 amide bonds. The average molecular weight is 371 g/mol. The molecular weight excluding hydrogens is 345 g/mol. The Bertz CT molecular complexity index is 699. The summed E-state index contributed by atoms with van der Waals surface area (Å²) in [7, 11) is -3.99. The molecule has 6 nitrogen and oxygen atoms in total. The predicted molar refractivity (Wildman–Crippen MR) is 94.5 cm³/mol. The van der Waals surface area contributed by atoms with Gasteiger partial charge in [-0.1, -0.05) is 13.8 Å². The SMILES string of the molecule is CCCN(CCC)C(=O)c1ccc(F)c(S(=O)(=O)NCCN2CC2)c1. The minimum absolute atomic E-state index is 0.189. The van der Waals surface area contributed by atoms with E-state index in [2.05, 4.69) is 9.62 Å². The Kier molecular flexibility index (Phi) is 6.92. The number of nitrogens with zero attached hydrogens (tertiary/aromatic N) is 2. The van der Waals surface area contributed by atoms with Gasteiger partial charge < -0.3 is 4.90 Å². The third-order valence-electron chi connectivity index (χ3n) is 4.00. The fraction of sp³-hybridized carbons (Fsp3) is 0.588. The Morgan fingerprint density at radius 2 is 1.88 bits per heavy atom. The summed E-state index contributed by atoms with van der Waals surface area (Å²) in [6.07, 6.45) is 1.60. The van der Waals surface area contributed by atoms with Crippen LogP contribution in [0.25, 0.3) is 0 Å². The Hall–Kier alpha value is -1.51. The van der Waals surface area contributed by atoms with E-state index in [1.807, 2.05) is 13.8 Å². The van der Waals surface area contributed by atoms with E-state index in [9.17, 15) is 17.6 Å². The summed E-state index contributed by atoms with van der Waals surface area (Å²) in [5.41, 5.74) is 0.189. The van der Waals surface area contributed by atoms with Crippen molar-refractivity contribution in [1.82, 2.24) is 14.5 Å². The number of rotatable bonds is 10. The molecule has 140 valence electrons. The van der Waals surface area contributed by atoms with Crippen LogP contribution in [0.1, 0.15) is 37.0 Å². The Morgan fingerprint density at radius 1 is 1.24 bits per heavy atom.